The number of aromatic nitrogens is 3. The summed E-state index contributed by atoms with van der Waals surface area (Å²) in [5, 5.41) is 3.38. The van der Waals surface area contributed by atoms with Crippen LogP contribution in [0.2, 0.25) is 0 Å². The second-order valence-corrected chi connectivity index (χ2v) is 7.51. The first-order valence-electron chi connectivity index (χ1n) is 10.8. The van der Waals surface area contributed by atoms with Gasteiger partial charge in [-0.05, 0) is 37.0 Å². The monoisotopic (exact) mass is 431 g/mol. The normalized spacial score (nSPS) is 14.8. The molecule has 1 aromatic heterocycles. The van der Waals surface area contributed by atoms with Crippen molar-refractivity contribution in [1.29, 1.82) is 0 Å². The van der Waals surface area contributed by atoms with E-state index in [9.17, 15) is 0 Å². The number of nitrogens with zero attached hydrogens (tertiary/aromatic N) is 4. The van der Waals surface area contributed by atoms with Crippen molar-refractivity contribution in [3.8, 4) is 23.5 Å². The summed E-state index contributed by atoms with van der Waals surface area (Å²) in [7, 11) is 4.73. The molecule has 170 valence electrons. The average Bonchev–Trinajstić information content (AvgIpc) is 2.80. The number of hydrogen-bond donors (Lipinski definition) is 1. The zero-order valence-corrected chi connectivity index (χ0v) is 18.9. The molecule has 1 N–H and O–H groups in total. The van der Waals surface area contributed by atoms with Gasteiger partial charge in [-0.25, -0.2) is 0 Å². The van der Waals surface area contributed by atoms with Crippen LogP contribution in [0.25, 0.3) is 0 Å². The molecule has 9 nitrogen and oxygen atoms in total. The van der Waals surface area contributed by atoms with Gasteiger partial charge in [-0.2, -0.15) is 9.97 Å². The van der Waals surface area contributed by atoms with E-state index in [2.05, 4.69) is 44.2 Å². The maximum atomic E-state index is 5.93. The molecule has 0 amide bonds. The summed E-state index contributed by atoms with van der Waals surface area (Å²) in [6.45, 7) is 5.71. The van der Waals surface area contributed by atoms with E-state index in [1.54, 1.807) is 7.11 Å². The molecular weight excluding hydrogens is 398 g/mol. The molecule has 0 atom stereocenters. The third kappa shape index (κ3) is 6.58. The van der Waals surface area contributed by atoms with Gasteiger partial charge in [0.25, 0.3) is 0 Å². The zero-order chi connectivity index (χ0) is 22.1. The van der Waals surface area contributed by atoms with Crippen LogP contribution in [0.3, 0.4) is 0 Å². The highest BCUT2D eigenvalue weighted by Gasteiger charge is 2.21. The van der Waals surface area contributed by atoms with Gasteiger partial charge >= 0.3 is 12.0 Å². The molecule has 1 aromatic carbocycles. The molecule has 3 rings (SSSR count). The summed E-state index contributed by atoms with van der Waals surface area (Å²) in [6.07, 6.45) is 4.13. The quantitative estimate of drug-likeness (QED) is 0.539. The topological polar surface area (TPSA) is 90.9 Å². The van der Waals surface area contributed by atoms with Crippen LogP contribution >= 0.6 is 0 Å². The largest absolute Gasteiger partial charge is 0.493 e. The van der Waals surface area contributed by atoms with Crippen molar-refractivity contribution in [2.24, 2.45) is 0 Å². The SMILES string of the molecule is CCCCOc1cc(CN2CCC(Nc3nc(OC)nc(OC)n3)CC2)ccc1OC. The number of unbranched alkanes of at least 4 members (excludes halogenated alkanes) is 1. The molecule has 0 bridgehead atoms. The number of anilines is 1. The van der Waals surface area contributed by atoms with Gasteiger partial charge in [-0.1, -0.05) is 19.4 Å². The average molecular weight is 432 g/mol. The van der Waals surface area contributed by atoms with E-state index >= 15 is 0 Å². The van der Waals surface area contributed by atoms with Crippen LogP contribution in [0, 0.1) is 0 Å². The molecule has 1 aliphatic rings. The van der Waals surface area contributed by atoms with E-state index in [4.69, 9.17) is 18.9 Å². The molecule has 31 heavy (non-hydrogen) atoms. The number of piperidine rings is 1. The van der Waals surface area contributed by atoms with Crippen LogP contribution in [-0.4, -0.2) is 66.9 Å². The smallest absolute Gasteiger partial charge is 0.324 e. The lowest BCUT2D eigenvalue weighted by molar-refractivity contribution is 0.210. The third-order valence-electron chi connectivity index (χ3n) is 5.27. The van der Waals surface area contributed by atoms with Crippen LogP contribution in [0.4, 0.5) is 5.95 Å². The van der Waals surface area contributed by atoms with Gasteiger partial charge in [0.2, 0.25) is 5.95 Å². The van der Waals surface area contributed by atoms with Crippen molar-refractivity contribution in [2.45, 2.75) is 45.2 Å². The Kier molecular flexibility index (Phi) is 8.52. The number of nitrogens with one attached hydrogen (secondary N) is 1. The van der Waals surface area contributed by atoms with Crippen molar-refractivity contribution < 1.29 is 18.9 Å². The zero-order valence-electron chi connectivity index (χ0n) is 18.9. The molecule has 2 aromatic rings. The Morgan fingerprint density at radius 1 is 0.968 bits per heavy atom. The number of hydrogen-bond acceptors (Lipinski definition) is 9. The fraction of sp³-hybridized carbons (Fsp3) is 0.591. The number of likely N-dealkylation sites (tertiary alicyclic amines) is 1. The Labute approximate surface area is 184 Å². The highest BCUT2D eigenvalue weighted by molar-refractivity contribution is 5.43. The maximum absolute atomic E-state index is 5.93. The number of ether oxygens (including phenoxy) is 4. The van der Waals surface area contributed by atoms with E-state index in [-0.39, 0.29) is 18.1 Å². The number of benzene rings is 1. The fourth-order valence-corrected chi connectivity index (χ4v) is 3.52. The van der Waals surface area contributed by atoms with Crippen LogP contribution in [0.15, 0.2) is 18.2 Å². The number of methoxy groups -OCH3 is 3. The van der Waals surface area contributed by atoms with Crippen molar-refractivity contribution in [3.05, 3.63) is 23.8 Å². The molecule has 0 spiro atoms. The number of rotatable bonds is 11. The Morgan fingerprint density at radius 3 is 2.29 bits per heavy atom. The van der Waals surface area contributed by atoms with Gasteiger partial charge in [-0.15, -0.1) is 4.98 Å². The second kappa shape index (κ2) is 11.5. The predicted octanol–water partition coefficient (Wildman–Crippen LogP) is 3.15. The van der Waals surface area contributed by atoms with Gasteiger partial charge < -0.3 is 24.3 Å². The minimum Gasteiger partial charge on any atom is -0.493 e. The lowest BCUT2D eigenvalue weighted by atomic mass is 10.0. The Bertz CT molecular complexity index is 805. The van der Waals surface area contributed by atoms with Gasteiger partial charge in [-0.3, -0.25) is 4.90 Å². The summed E-state index contributed by atoms with van der Waals surface area (Å²) in [4.78, 5) is 15.0. The summed E-state index contributed by atoms with van der Waals surface area (Å²) in [5.74, 6) is 2.08. The van der Waals surface area contributed by atoms with Gasteiger partial charge in [0.15, 0.2) is 11.5 Å². The molecule has 0 radical (unpaired) electrons. The maximum Gasteiger partial charge on any atom is 0.324 e. The summed E-state index contributed by atoms with van der Waals surface area (Å²) in [5.41, 5.74) is 1.23. The molecule has 1 fully saturated rings. The van der Waals surface area contributed by atoms with E-state index in [1.165, 1.54) is 19.8 Å². The van der Waals surface area contributed by atoms with E-state index < -0.39 is 0 Å². The fourth-order valence-electron chi connectivity index (χ4n) is 3.52. The van der Waals surface area contributed by atoms with Crippen molar-refractivity contribution in [1.82, 2.24) is 19.9 Å². The molecule has 0 saturated carbocycles. The van der Waals surface area contributed by atoms with Gasteiger partial charge in [0.1, 0.15) is 0 Å². The molecule has 1 saturated heterocycles. The lowest BCUT2D eigenvalue weighted by Gasteiger charge is -2.32. The second-order valence-electron chi connectivity index (χ2n) is 7.51. The van der Waals surface area contributed by atoms with Crippen LogP contribution in [-0.2, 0) is 6.54 Å². The van der Waals surface area contributed by atoms with E-state index in [0.29, 0.717) is 12.6 Å². The highest BCUT2D eigenvalue weighted by atomic mass is 16.5. The minimum absolute atomic E-state index is 0.239. The lowest BCUT2D eigenvalue weighted by Crippen LogP contribution is -2.39. The standard InChI is InChI=1S/C22H33N5O4/c1-5-6-13-31-19-14-16(7-8-18(19)28-2)15-27-11-9-17(10-12-27)23-20-24-21(29-3)26-22(25-20)30-4/h7-8,14,17H,5-6,9-13,15H2,1-4H3,(H,23,24,25,26). The first-order valence-corrected chi connectivity index (χ1v) is 10.8. The Balaban J connectivity index is 1.54. The van der Waals surface area contributed by atoms with Crippen molar-refractivity contribution in [3.63, 3.8) is 0 Å². The van der Waals surface area contributed by atoms with Gasteiger partial charge in [0, 0.05) is 25.7 Å². The van der Waals surface area contributed by atoms with Crippen molar-refractivity contribution in [2.75, 3.05) is 46.3 Å². The molecule has 9 heteroatoms. The summed E-state index contributed by atoms with van der Waals surface area (Å²) >= 11 is 0. The van der Waals surface area contributed by atoms with Crippen molar-refractivity contribution >= 4 is 5.95 Å². The molecule has 1 aliphatic heterocycles. The highest BCUT2D eigenvalue weighted by Crippen LogP contribution is 2.29. The van der Waals surface area contributed by atoms with Crippen LogP contribution < -0.4 is 24.3 Å². The van der Waals surface area contributed by atoms with E-state index in [1.807, 2.05) is 6.07 Å². The molecule has 0 aliphatic carbocycles. The van der Waals surface area contributed by atoms with Gasteiger partial charge in [0.05, 0.1) is 27.9 Å². The molecule has 2 heterocycles. The third-order valence-corrected chi connectivity index (χ3v) is 5.27. The van der Waals surface area contributed by atoms with Crippen LogP contribution in [0.1, 0.15) is 38.2 Å². The summed E-state index contributed by atoms with van der Waals surface area (Å²) in [6, 6.07) is 6.97. The first-order chi connectivity index (χ1) is 15.1. The first kappa shape index (κ1) is 22.9. The Hall–Kier alpha value is -2.81. The molecular formula is C22H33N5O4. The Morgan fingerprint density at radius 2 is 1.68 bits per heavy atom. The predicted molar refractivity (Wildman–Crippen MR) is 118 cm³/mol. The van der Waals surface area contributed by atoms with E-state index in [0.717, 1.165) is 56.8 Å². The van der Waals surface area contributed by atoms with Crippen LogP contribution in [0.5, 0.6) is 23.5 Å². The molecule has 0 unspecified atom stereocenters. The summed E-state index contributed by atoms with van der Waals surface area (Å²) < 4.78 is 21.6. The minimum atomic E-state index is 0.239.